The van der Waals surface area contributed by atoms with Gasteiger partial charge in [-0.1, -0.05) is 17.7 Å². The standard InChI is InChI=1S/C17H22ClN3O2S2.CH2O2/c1-20-6-7-21(2)15(11-20)10-19-25(22,23)17-4-3-13(9-16(17)18)14-5-8-24-12-14;2-1-3/h3-5,8-9,12,15,19H,6-7,10-11H2,1-2H3;1H,(H,2,3). The van der Waals surface area contributed by atoms with Gasteiger partial charge in [-0.3, -0.25) is 9.69 Å². The van der Waals surface area contributed by atoms with Gasteiger partial charge < -0.3 is 10.0 Å². The molecule has 1 fully saturated rings. The van der Waals surface area contributed by atoms with Crippen LogP contribution in [0.15, 0.2) is 39.9 Å². The molecule has 0 aliphatic carbocycles. The Labute approximate surface area is 174 Å². The van der Waals surface area contributed by atoms with Gasteiger partial charge in [-0.2, -0.15) is 11.3 Å². The molecule has 1 atom stereocenters. The van der Waals surface area contributed by atoms with E-state index in [1.807, 2.05) is 23.9 Å². The molecule has 3 rings (SSSR count). The first-order valence-electron chi connectivity index (χ1n) is 8.57. The summed E-state index contributed by atoms with van der Waals surface area (Å²) in [5, 5.41) is 11.1. The second kappa shape index (κ2) is 10.3. The Kier molecular flexibility index (Phi) is 8.41. The van der Waals surface area contributed by atoms with Crippen LogP contribution >= 0.6 is 22.9 Å². The molecule has 0 saturated carbocycles. The van der Waals surface area contributed by atoms with Crippen molar-refractivity contribution in [2.24, 2.45) is 0 Å². The summed E-state index contributed by atoms with van der Waals surface area (Å²) in [6.07, 6.45) is 0. The van der Waals surface area contributed by atoms with Crippen molar-refractivity contribution in [3.63, 3.8) is 0 Å². The van der Waals surface area contributed by atoms with Crippen LogP contribution in [0.25, 0.3) is 11.1 Å². The van der Waals surface area contributed by atoms with Crippen molar-refractivity contribution < 1.29 is 18.3 Å². The van der Waals surface area contributed by atoms with Crippen molar-refractivity contribution in [1.29, 1.82) is 0 Å². The lowest BCUT2D eigenvalue weighted by atomic mass is 10.1. The van der Waals surface area contributed by atoms with Crippen molar-refractivity contribution >= 4 is 39.4 Å². The fraction of sp³-hybridized carbons (Fsp3) is 0.389. The second-order valence-corrected chi connectivity index (χ2v) is 9.43. The Bertz CT molecular complexity index is 875. The minimum atomic E-state index is -3.64. The zero-order chi connectivity index (χ0) is 20.7. The maximum Gasteiger partial charge on any atom is 0.290 e. The maximum absolute atomic E-state index is 12.7. The molecule has 0 radical (unpaired) electrons. The predicted molar refractivity (Wildman–Crippen MR) is 113 cm³/mol. The molecular formula is C18H24ClN3O4S2. The maximum atomic E-state index is 12.7. The fourth-order valence-corrected chi connectivity index (χ4v) is 5.21. The highest BCUT2D eigenvalue weighted by Gasteiger charge is 2.25. The van der Waals surface area contributed by atoms with Gasteiger partial charge in [0, 0.05) is 32.2 Å². The summed E-state index contributed by atoms with van der Waals surface area (Å²) in [6, 6.07) is 7.21. The van der Waals surface area contributed by atoms with E-state index in [-0.39, 0.29) is 22.4 Å². The number of carboxylic acid groups (broad SMARTS) is 1. The number of piperazine rings is 1. The summed E-state index contributed by atoms with van der Waals surface area (Å²) >= 11 is 7.86. The average Bonchev–Trinajstić information content (AvgIpc) is 3.17. The van der Waals surface area contributed by atoms with Crippen LogP contribution < -0.4 is 4.72 Å². The molecule has 1 aromatic heterocycles. The van der Waals surface area contributed by atoms with Crippen molar-refractivity contribution in [3.8, 4) is 11.1 Å². The SMILES string of the molecule is CN1CCN(C)C(CNS(=O)(=O)c2ccc(-c3ccsc3)cc2Cl)C1.O=CO. The number of halogens is 1. The molecule has 1 unspecified atom stereocenters. The molecule has 1 aliphatic heterocycles. The number of carbonyl (C=O) groups is 1. The summed E-state index contributed by atoms with van der Waals surface area (Å²) in [5.74, 6) is 0. The Morgan fingerprint density at radius 2 is 2.00 bits per heavy atom. The van der Waals surface area contributed by atoms with Crippen LogP contribution in [-0.2, 0) is 14.8 Å². The van der Waals surface area contributed by atoms with Crippen LogP contribution in [0, 0.1) is 0 Å². The van der Waals surface area contributed by atoms with Crippen molar-refractivity contribution in [3.05, 3.63) is 40.0 Å². The van der Waals surface area contributed by atoms with Crippen LogP contribution in [0.3, 0.4) is 0 Å². The largest absolute Gasteiger partial charge is 0.483 e. The summed E-state index contributed by atoms with van der Waals surface area (Å²) in [6.45, 7) is 2.88. The van der Waals surface area contributed by atoms with Crippen LogP contribution in [0.1, 0.15) is 0 Å². The first kappa shape index (κ1) is 22.8. The van der Waals surface area contributed by atoms with Crippen molar-refractivity contribution in [2.75, 3.05) is 40.3 Å². The molecule has 0 bridgehead atoms. The highest BCUT2D eigenvalue weighted by atomic mass is 35.5. The van der Waals surface area contributed by atoms with E-state index in [1.54, 1.807) is 29.5 Å². The molecular weight excluding hydrogens is 422 g/mol. The molecule has 28 heavy (non-hydrogen) atoms. The molecule has 1 aliphatic rings. The molecule has 10 heteroatoms. The molecule has 154 valence electrons. The van der Waals surface area contributed by atoms with Crippen LogP contribution in [0.4, 0.5) is 0 Å². The number of benzene rings is 1. The van der Waals surface area contributed by atoms with Crippen LogP contribution in [0.2, 0.25) is 5.02 Å². The number of sulfonamides is 1. The number of rotatable bonds is 5. The van der Waals surface area contributed by atoms with Gasteiger partial charge in [-0.15, -0.1) is 0 Å². The van der Waals surface area contributed by atoms with Gasteiger partial charge in [0.2, 0.25) is 10.0 Å². The monoisotopic (exact) mass is 445 g/mol. The van der Waals surface area contributed by atoms with E-state index in [1.165, 1.54) is 0 Å². The zero-order valence-corrected chi connectivity index (χ0v) is 18.1. The van der Waals surface area contributed by atoms with E-state index < -0.39 is 10.0 Å². The van der Waals surface area contributed by atoms with E-state index in [9.17, 15) is 8.42 Å². The van der Waals surface area contributed by atoms with Crippen molar-refractivity contribution in [1.82, 2.24) is 14.5 Å². The van der Waals surface area contributed by atoms with Crippen molar-refractivity contribution in [2.45, 2.75) is 10.9 Å². The fourth-order valence-electron chi connectivity index (χ4n) is 2.93. The van der Waals surface area contributed by atoms with Gasteiger partial charge in [0.15, 0.2) is 0 Å². The molecule has 1 saturated heterocycles. The number of nitrogens with one attached hydrogen (secondary N) is 1. The van der Waals surface area contributed by atoms with Crippen LogP contribution in [-0.4, -0.2) is 76.1 Å². The van der Waals surface area contributed by atoms with Gasteiger partial charge in [-0.05, 0) is 54.2 Å². The van der Waals surface area contributed by atoms with Gasteiger partial charge >= 0.3 is 0 Å². The lowest BCUT2D eigenvalue weighted by molar-refractivity contribution is -0.122. The van der Waals surface area contributed by atoms with E-state index in [4.69, 9.17) is 21.5 Å². The number of nitrogens with zero attached hydrogens (tertiary/aromatic N) is 2. The third-order valence-electron chi connectivity index (χ3n) is 4.57. The zero-order valence-electron chi connectivity index (χ0n) is 15.7. The number of hydrogen-bond acceptors (Lipinski definition) is 6. The average molecular weight is 446 g/mol. The van der Waals surface area contributed by atoms with Gasteiger partial charge in [0.1, 0.15) is 4.90 Å². The Morgan fingerprint density at radius 1 is 1.29 bits per heavy atom. The summed E-state index contributed by atoms with van der Waals surface area (Å²) < 4.78 is 28.0. The third-order valence-corrected chi connectivity index (χ3v) is 7.15. The van der Waals surface area contributed by atoms with Gasteiger partial charge in [0.05, 0.1) is 5.02 Å². The molecule has 0 spiro atoms. The normalized spacial score (nSPS) is 18.3. The van der Waals surface area contributed by atoms with Gasteiger partial charge in [0.25, 0.3) is 6.47 Å². The Balaban J connectivity index is 0.000000878. The van der Waals surface area contributed by atoms with Gasteiger partial charge in [-0.25, -0.2) is 13.1 Å². The molecule has 2 N–H and O–H groups in total. The summed E-state index contributed by atoms with van der Waals surface area (Å²) in [5.41, 5.74) is 1.95. The highest BCUT2D eigenvalue weighted by Crippen LogP contribution is 2.29. The first-order chi connectivity index (χ1) is 13.3. The van der Waals surface area contributed by atoms with Crippen LogP contribution in [0.5, 0.6) is 0 Å². The predicted octanol–water partition coefficient (Wildman–Crippen LogP) is 2.29. The smallest absolute Gasteiger partial charge is 0.290 e. The van der Waals surface area contributed by atoms with E-state index in [0.717, 1.165) is 30.8 Å². The van der Waals surface area contributed by atoms with E-state index in [2.05, 4.69) is 21.6 Å². The topological polar surface area (TPSA) is 90.0 Å². The highest BCUT2D eigenvalue weighted by molar-refractivity contribution is 7.89. The minimum Gasteiger partial charge on any atom is -0.483 e. The Hall–Kier alpha value is -1.49. The Morgan fingerprint density at radius 3 is 2.61 bits per heavy atom. The third kappa shape index (κ3) is 6.00. The number of thiophene rings is 1. The lowest BCUT2D eigenvalue weighted by Gasteiger charge is -2.37. The molecule has 7 nitrogen and oxygen atoms in total. The lowest BCUT2D eigenvalue weighted by Crippen LogP contribution is -2.54. The number of likely N-dealkylation sites (N-methyl/N-ethyl adjacent to an activating group) is 2. The minimum absolute atomic E-state index is 0.125. The molecule has 2 aromatic rings. The summed E-state index contributed by atoms with van der Waals surface area (Å²) in [7, 11) is 0.431. The van der Waals surface area contributed by atoms with E-state index >= 15 is 0 Å². The first-order valence-corrected chi connectivity index (χ1v) is 11.4. The second-order valence-electron chi connectivity index (χ2n) is 6.51. The molecule has 2 heterocycles. The quantitative estimate of drug-likeness (QED) is 0.686. The van der Waals surface area contributed by atoms with E-state index in [0.29, 0.717) is 6.54 Å². The number of hydrogen-bond donors (Lipinski definition) is 2. The summed E-state index contributed by atoms with van der Waals surface area (Å²) in [4.78, 5) is 12.9. The molecule has 1 aromatic carbocycles. The molecule has 0 amide bonds.